The van der Waals surface area contributed by atoms with Crippen LogP contribution in [0.25, 0.3) is 0 Å². The van der Waals surface area contributed by atoms with Gasteiger partial charge in [0, 0.05) is 18.3 Å². The summed E-state index contributed by atoms with van der Waals surface area (Å²) in [7, 11) is 2.62. The summed E-state index contributed by atoms with van der Waals surface area (Å²) in [5.41, 5.74) is 2.68. The lowest BCUT2D eigenvalue weighted by atomic mass is 9.95. The van der Waals surface area contributed by atoms with Gasteiger partial charge >= 0.3 is 0 Å². The van der Waals surface area contributed by atoms with E-state index < -0.39 is 0 Å². The van der Waals surface area contributed by atoms with Crippen molar-refractivity contribution in [3.05, 3.63) is 35.6 Å². The molecule has 0 aromatic carbocycles. The highest BCUT2D eigenvalue weighted by Crippen LogP contribution is 2.24. The Bertz CT molecular complexity index is 304. The molecule has 3 atom stereocenters. The standard InChI is InChI=1S/C11H17N2P/c1-8-3-2-4-10-9(7-8)11(13-14)5-6-12-10/h2-4,7-8,11-13H,5-6,14H2,1H3. The van der Waals surface area contributed by atoms with Crippen LogP contribution in [0.4, 0.5) is 0 Å². The first-order chi connectivity index (χ1) is 6.81. The van der Waals surface area contributed by atoms with Gasteiger partial charge in [0.1, 0.15) is 0 Å². The molecule has 2 N–H and O–H groups in total. The largest absolute Gasteiger partial charge is 0.385 e. The maximum Gasteiger partial charge on any atom is 0.0385 e. The summed E-state index contributed by atoms with van der Waals surface area (Å²) in [4.78, 5) is 0. The van der Waals surface area contributed by atoms with E-state index in [4.69, 9.17) is 0 Å². The second-order valence-corrected chi connectivity index (χ2v) is 4.21. The predicted octanol–water partition coefficient (Wildman–Crippen LogP) is 1.74. The molecule has 0 amide bonds. The minimum absolute atomic E-state index is 0.481. The van der Waals surface area contributed by atoms with Crippen molar-refractivity contribution in [3.63, 3.8) is 0 Å². The number of piperidine rings is 1. The van der Waals surface area contributed by atoms with Crippen LogP contribution < -0.4 is 10.4 Å². The van der Waals surface area contributed by atoms with Crippen molar-refractivity contribution >= 4 is 9.39 Å². The minimum Gasteiger partial charge on any atom is -0.385 e. The van der Waals surface area contributed by atoms with E-state index in [2.05, 4.69) is 51.0 Å². The molecule has 2 nitrogen and oxygen atoms in total. The van der Waals surface area contributed by atoms with Gasteiger partial charge in [-0.25, -0.2) is 0 Å². The van der Waals surface area contributed by atoms with Gasteiger partial charge < -0.3 is 5.32 Å². The minimum atomic E-state index is 0.481. The molecule has 14 heavy (non-hydrogen) atoms. The Labute approximate surface area is 87.8 Å². The Morgan fingerprint density at radius 3 is 3.21 bits per heavy atom. The highest BCUT2D eigenvalue weighted by molar-refractivity contribution is 7.13. The smallest absolute Gasteiger partial charge is 0.0385 e. The maximum atomic E-state index is 3.44. The van der Waals surface area contributed by atoms with Crippen LogP contribution in [0.2, 0.25) is 0 Å². The molecule has 1 aliphatic carbocycles. The van der Waals surface area contributed by atoms with E-state index in [1.54, 1.807) is 0 Å². The van der Waals surface area contributed by atoms with Gasteiger partial charge in [-0.1, -0.05) is 34.5 Å². The third kappa shape index (κ3) is 1.92. The van der Waals surface area contributed by atoms with E-state index in [0.29, 0.717) is 12.0 Å². The summed E-state index contributed by atoms with van der Waals surface area (Å²) in [5, 5.41) is 6.73. The summed E-state index contributed by atoms with van der Waals surface area (Å²) in [5.74, 6) is 0.527. The summed E-state index contributed by atoms with van der Waals surface area (Å²) < 4.78 is 0. The van der Waals surface area contributed by atoms with Crippen molar-refractivity contribution in [2.24, 2.45) is 5.92 Å². The molecule has 0 saturated carbocycles. The molecule has 0 aromatic heterocycles. The van der Waals surface area contributed by atoms with Gasteiger partial charge in [-0.2, -0.15) is 0 Å². The molecule has 3 heteroatoms. The fourth-order valence-corrected chi connectivity index (χ4v) is 2.34. The second-order valence-electron chi connectivity index (χ2n) is 3.88. The third-order valence-electron chi connectivity index (χ3n) is 2.76. The molecule has 1 aliphatic heterocycles. The van der Waals surface area contributed by atoms with Crippen LogP contribution in [0.1, 0.15) is 13.3 Å². The van der Waals surface area contributed by atoms with Crippen LogP contribution in [0.3, 0.4) is 0 Å². The van der Waals surface area contributed by atoms with Gasteiger partial charge in [-0.15, -0.1) is 0 Å². The number of hydrogen-bond acceptors (Lipinski definition) is 2. The first-order valence-corrected chi connectivity index (χ1v) is 5.69. The lowest BCUT2D eigenvalue weighted by molar-refractivity contribution is 0.569. The fourth-order valence-electron chi connectivity index (χ4n) is 2.00. The Balaban J connectivity index is 2.31. The number of rotatable bonds is 1. The van der Waals surface area contributed by atoms with E-state index in [0.717, 1.165) is 13.0 Å². The summed E-state index contributed by atoms with van der Waals surface area (Å²) in [6, 6.07) is 0.481. The molecular weight excluding hydrogens is 191 g/mol. The average Bonchev–Trinajstić information content (AvgIpc) is 2.38. The summed E-state index contributed by atoms with van der Waals surface area (Å²) in [6.45, 7) is 3.27. The molecule has 2 rings (SSSR count). The first-order valence-electron chi connectivity index (χ1n) is 5.12. The van der Waals surface area contributed by atoms with E-state index in [1.165, 1.54) is 11.3 Å². The third-order valence-corrected chi connectivity index (χ3v) is 3.16. The lowest BCUT2D eigenvalue weighted by Gasteiger charge is -2.28. The van der Waals surface area contributed by atoms with E-state index in [9.17, 15) is 0 Å². The summed E-state index contributed by atoms with van der Waals surface area (Å²) in [6.07, 6.45) is 10.0. The Morgan fingerprint density at radius 1 is 1.57 bits per heavy atom. The average molecular weight is 208 g/mol. The SMILES string of the molecule is CC1C=CC=C2NCCC(NP)C2=C1. The quantitative estimate of drug-likeness (QED) is 0.641. The molecule has 1 saturated heterocycles. The van der Waals surface area contributed by atoms with Crippen molar-refractivity contribution in [2.75, 3.05) is 6.54 Å². The second kappa shape index (κ2) is 4.29. The molecule has 76 valence electrons. The summed E-state index contributed by atoms with van der Waals surface area (Å²) >= 11 is 0. The van der Waals surface area contributed by atoms with Crippen molar-refractivity contribution in [3.8, 4) is 0 Å². The van der Waals surface area contributed by atoms with Gasteiger partial charge in [-0.3, -0.25) is 5.09 Å². The highest BCUT2D eigenvalue weighted by atomic mass is 31.0. The number of nitrogens with one attached hydrogen (secondary N) is 2. The Kier molecular flexibility index (Phi) is 3.05. The molecular formula is C11H17N2P. The van der Waals surface area contributed by atoms with Gasteiger partial charge in [0.05, 0.1) is 0 Å². The van der Waals surface area contributed by atoms with Crippen molar-refractivity contribution in [1.29, 1.82) is 0 Å². The van der Waals surface area contributed by atoms with Crippen LogP contribution in [-0.2, 0) is 0 Å². The van der Waals surface area contributed by atoms with E-state index in [-0.39, 0.29) is 0 Å². The van der Waals surface area contributed by atoms with Gasteiger partial charge in [0.15, 0.2) is 0 Å². The number of allylic oxidation sites excluding steroid dienone is 4. The molecule has 0 bridgehead atoms. The lowest BCUT2D eigenvalue weighted by Crippen LogP contribution is -2.37. The number of fused-ring (bicyclic) bond motifs is 1. The Hall–Kier alpha value is -0.590. The van der Waals surface area contributed by atoms with Crippen LogP contribution in [0, 0.1) is 5.92 Å². The maximum absolute atomic E-state index is 3.44. The topological polar surface area (TPSA) is 24.1 Å². The normalized spacial score (nSPS) is 31.0. The number of hydrogen-bond donors (Lipinski definition) is 2. The van der Waals surface area contributed by atoms with Crippen LogP contribution >= 0.6 is 9.39 Å². The molecule has 1 heterocycles. The molecule has 1 fully saturated rings. The van der Waals surface area contributed by atoms with Crippen LogP contribution in [0.15, 0.2) is 35.6 Å². The zero-order chi connectivity index (χ0) is 9.97. The van der Waals surface area contributed by atoms with Gasteiger partial charge in [0.25, 0.3) is 0 Å². The fraction of sp³-hybridized carbons (Fsp3) is 0.455. The zero-order valence-corrected chi connectivity index (χ0v) is 9.61. The van der Waals surface area contributed by atoms with Crippen LogP contribution in [0.5, 0.6) is 0 Å². The molecule has 2 aliphatic rings. The predicted molar refractivity (Wildman–Crippen MR) is 63.7 cm³/mol. The molecule has 0 spiro atoms. The van der Waals surface area contributed by atoms with Crippen molar-refractivity contribution < 1.29 is 0 Å². The first kappa shape index (κ1) is 9.95. The van der Waals surface area contributed by atoms with Crippen molar-refractivity contribution in [1.82, 2.24) is 10.4 Å². The van der Waals surface area contributed by atoms with E-state index in [1.807, 2.05) is 0 Å². The monoisotopic (exact) mass is 208 g/mol. The van der Waals surface area contributed by atoms with Gasteiger partial charge in [-0.05, 0) is 24.0 Å². The van der Waals surface area contributed by atoms with Crippen molar-refractivity contribution in [2.45, 2.75) is 19.4 Å². The highest BCUT2D eigenvalue weighted by Gasteiger charge is 2.21. The zero-order valence-electron chi connectivity index (χ0n) is 8.46. The van der Waals surface area contributed by atoms with E-state index >= 15 is 0 Å². The van der Waals surface area contributed by atoms with Gasteiger partial charge in [0.2, 0.25) is 0 Å². The van der Waals surface area contributed by atoms with Crippen LogP contribution in [-0.4, -0.2) is 12.6 Å². The molecule has 0 aromatic rings. The molecule has 0 radical (unpaired) electrons. The molecule has 3 unspecified atom stereocenters. The Morgan fingerprint density at radius 2 is 2.43 bits per heavy atom.